The van der Waals surface area contributed by atoms with Gasteiger partial charge in [0.25, 0.3) is 0 Å². The van der Waals surface area contributed by atoms with Crippen LogP contribution in [0.4, 0.5) is 10.8 Å². The van der Waals surface area contributed by atoms with Crippen LogP contribution in [0, 0.1) is 0 Å². The average Bonchev–Trinajstić information content (AvgIpc) is 2.71. The van der Waals surface area contributed by atoms with Crippen molar-refractivity contribution in [2.45, 2.75) is 6.42 Å². The first-order chi connectivity index (χ1) is 8.72. The van der Waals surface area contributed by atoms with Crippen molar-refractivity contribution in [2.24, 2.45) is 0 Å². The minimum atomic E-state index is 0.588. The van der Waals surface area contributed by atoms with E-state index in [0.717, 1.165) is 27.9 Å². The predicted molar refractivity (Wildman–Crippen MR) is 77.7 cm³/mol. The highest BCUT2D eigenvalue weighted by Gasteiger charge is 2.08. The summed E-state index contributed by atoms with van der Waals surface area (Å²) in [5, 5.41) is 0.588. The molecular formula is C14H13N3S. The topological polar surface area (TPSA) is 64.9 Å². The summed E-state index contributed by atoms with van der Waals surface area (Å²) in [7, 11) is 0. The van der Waals surface area contributed by atoms with Crippen LogP contribution in [-0.4, -0.2) is 4.98 Å². The molecule has 0 saturated carbocycles. The number of nitrogens with two attached hydrogens (primary N) is 2. The van der Waals surface area contributed by atoms with Gasteiger partial charge in [0.15, 0.2) is 5.13 Å². The molecule has 3 rings (SSSR count). The fourth-order valence-corrected chi connectivity index (χ4v) is 2.92. The minimum Gasteiger partial charge on any atom is -0.399 e. The van der Waals surface area contributed by atoms with Gasteiger partial charge in [-0.25, -0.2) is 4.98 Å². The maximum Gasteiger partial charge on any atom is 0.181 e. The number of aromatic nitrogens is 1. The lowest BCUT2D eigenvalue weighted by molar-refractivity contribution is 1.20. The second-order valence-electron chi connectivity index (χ2n) is 4.24. The van der Waals surface area contributed by atoms with E-state index in [1.165, 1.54) is 16.9 Å². The fourth-order valence-electron chi connectivity index (χ4n) is 2.09. The predicted octanol–water partition coefficient (Wildman–Crippen LogP) is 3.05. The summed E-state index contributed by atoms with van der Waals surface area (Å²) in [6.07, 6.45) is 0.825. The molecule has 90 valence electrons. The number of rotatable bonds is 2. The first kappa shape index (κ1) is 11.0. The number of thiazole rings is 1. The van der Waals surface area contributed by atoms with E-state index >= 15 is 0 Å². The lowest BCUT2D eigenvalue weighted by atomic mass is 10.0. The molecule has 1 heterocycles. The van der Waals surface area contributed by atoms with Gasteiger partial charge in [-0.05, 0) is 29.7 Å². The number of benzene rings is 2. The van der Waals surface area contributed by atoms with Crippen molar-refractivity contribution in [1.82, 2.24) is 4.98 Å². The minimum absolute atomic E-state index is 0.588. The summed E-state index contributed by atoms with van der Waals surface area (Å²) in [6, 6.07) is 14.2. The highest BCUT2D eigenvalue weighted by Crippen LogP contribution is 2.30. The third kappa shape index (κ3) is 2.02. The van der Waals surface area contributed by atoms with Crippen molar-refractivity contribution in [2.75, 3.05) is 11.5 Å². The zero-order valence-corrected chi connectivity index (χ0v) is 10.6. The van der Waals surface area contributed by atoms with Crippen LogP contribution in [0.25, 0.3) is 10.2 Å². The molecule has 4 heteroatoms. The molecule has 3 nitrogen and oxygen atoms in total. The zero-order chi connectivity index (χ0) is 12.5. The van der Waals surface area contributed by atoms with Crippen LogP contribution in [0.3, 0.4) is 0 Å². The molecule has 3 aromatic rings. The molecule has 0 aliphatic heterocycles. The normalized spacial score (nSPS) is 10.9. The van der Waals surface area contributed by atoms with E-state index in [-0.39, 0.29) is 0 Å². The Kier molecular flexibility index (Phi) is 2.64. The Hall–Kier alpha value is -2.07. The standard InChI is InChI=1S/C14H13N3S/c15-11-7-10(6-9-4-2-1-3-5-9)13-12(8-11)18-14(16)17-13/h1-5,7-8H,6,15H2,(H2,16,17). The molecule has 0 saturated heterocycles. The van der Waals surface area contributed by atoms with Gasteiger partial charge in [-0.1, -0.05) is 41.7 Å². The van der Waals surface area contributed by atoms with E-state index in [1.54, 1.807) is 0 Å². The highest BCUT2D eigenvalue weighted by molar-refractivity contribution is 7.22. The van der Waals surface area contributed by atoms with Crippen molar-refractivity contribution in [3.05, 3.63) is 53.6 Å². The highest BCUT2D eigenvalue weighted by atomic mass is 32.1. The van der Waals surface area contributed by atoms with E-state index in [1.807, 2.05) is 30.3 Å². The van der Waals surface area contributed by atoms with Crippen LogP contribution in [0.2, 0.25) is 0 Å². The zero-order valence-electron chi connectivity index (χ0n) is 9.76. The molecule has 0 atom stereocenters. The van der Waals surface area contributed by atoms with Gasteiger partial charge in [-0.3, -0.25) is 0 Å². The molecule has 18 heavy (non-hydrogen) atoms. The number of hydrogen-bond acceptors (Lipinski definition) is 4. The molecule has 0 unspecified atom stereocenters. The smallest absolute Gasteiger partial charge is 0.181 e. The first-order valence-corrected chi connectivity index (χ1v) is 6.52. The van der Waals surface area contributed by atoms with Crippen molar-refractivity contribution in [1.29, 1.82) is 0 Å². The number of fused-ring (bicyclic) bond motifs is 1. The maximum atomic E-state index is 5.93. The average molecular weight is 255 g/mol. The Morgan fingerprint density at radius 1 is 1.06 bits per heavy atom. The molecule has 1 aromatic heterocycles. The van der Waals surface area contributed by atoms with Gasteiger partial charge in [0.2, 0.25) is 0 Å². The Labute approximate surface area is 109 Å². The van der Waals surface area contributed by atoms with E-state index in [2.05, 4.69) is 17.1 Å². The van der Waals surface area contributed by atoms with Crippen molar-refractivity contribution in [3.8, 4) is 0 Å². The van der Waals surface area contributed by atoms with Gasteiger partial charge < -0.3 is 11.5 Å². The summed E-state index contributed by atoms with van der Waals surface area (Å²) >= 11 is 1.48. The third-order valence-electron chi connectivity index (χ3n) is 2.85. The van der Waals surface area contributed by atoms with Crippen molar-refractivity contribution < 1.29 is 0 Å². The van der Waals surface area contributed by atoms with Crippen LogP contribution in [0.15, 0.2) is 42.5 Å². The molecule has 0 bridgehead atoms. The molecule has 0 aliphatic carbocycles. The Morgan fingerprint density at radius 2 is 1.83 bits per heavy atom. The van der Waals surface area contributed by atoms with E-state index in [9.17, 15) is 0 Å². The number of hydrogen-bond donors (Lipinski definition) is 2. The summed E-state index contributed by atoms with van der Waals surface area (Å²) in [6.45, 7) is 0. The van der Waals surface area contributed by atoms with Crippen LogP contribution >= 0.6 is 11.3 Å². The largest absolute Gasteiger partial charge is 0.399 e. The molecule has 0 amide bonds. The van der Waals surface area contributed by atoms with E-state index in [0.29, 0.717) is 5.13 Å². The summed E-state index contributed by atoms with van der Waals surface area (Å²) in [5.74, 6) is 0. The second kappa shape index (κ2) is 4.31. The van der Waals surface area contributed by atoms with E-state index < -0.39 is 0 Å². The number of nitrogens with zero attached hydrogens (tertiary/aromatic N) is 1. The molecule has 0 spiro atoms. The SMILES string of the molecule is Nc1cc(Cc2ccccc2)c2nc(N)sc2c1. The summed E-state index contributed by atoms with van der Waals surface area (Å²) in [5.41, 5.74) is 15.8. The van der Waals surface area contributed by atoms with Gasteiger partial charge in [0, 0.05) is 5.69 Å². The number of nitrogen functional groups attached to an aromatic ring is 2. The lowest BCUT2D eigenvalue weighted by Crippen LogP contribution is -1.93. The van der Waals surface area contributed by atoms with Crippen molar-refractivity contribution in [3.63, 3.8) is 0 Å². The molecule has 2 aromatic carbocycles. The van der Waals surface area contributed by atoms with Gasteiger partial charge in [0.05, 0.1) is 10.2 Å². The van der Waals surface area contributed by atoms with Crippen LogP contribution in [0.1, 0.15) is 11.1 Å². The van der Waals surface area contributed by atoms with Gasteiger partial charge in [-0.15, -0.1) is 0 Å². The second-order valence-corrected chi connectivity index (χ2v) is 5.30. The summed E-state index contributed by atoms with van der Waals surface area (Å²) in [4.78, 5) is 4.39. The van der Waals surface area contributed by atoms with Gasteiger partial charge >= 0.3 is 0 Å². The molecule has 4 N–H and O–H groups in total. The molecule has 0 aliphatic rings. The fraction of sp³-hybridized carbons (Fsp3) is 0.0714. The van der Waals surface area contributed by atoms with Gasteiger partial charge in [-0.2, -0.15) is 0 Å². The summed E-state index contributed by atoms with van der Waals surface area (Å²) < 4.78 is 1.05. The quantitative estimate of drug-likeness (QED) is 0.692. The Bertz CT molecular complexity index is 689. The van der Waals surface area contributed by atoms with E-state index in [4.69, 9.17) is 11.5 Å². The van der Waals surface area contributed by atoms with Crippen molar-refractivity contribution >= 4 is 32.4 Å². The number of anilines is 2. The molecule has 0 fully saturated rings. The molecular weight excluding hydrogens is 242 g/mol. The Morgan fingerprint density at radius 3 is 2.61 bits per heavy atom. The maximum absolute atomic E-state index is 5.93. The van der Waals surface area contributed by atoms with Gasteiger partial charge in [0.1, 0.15) is 0 Å². The van der Waals surface area contributed by atoms with Crippen LogP contribution in [-0.2, 0) is 6.42 Å². The molecule has 0 radical (unpaired) electrons. The Balaban J connectivity index is 2.10. The monoisotopic (exact) mass is 255 g/mol. The third-order valence-corrected chi connectivity index (χ3v) is 3.68. The van der Waals surface area contributed by atoms with Crippen LogP contribution < -0.4 is 11.5 Å². The lowest BCUT2D eigenvalue weighted by Gasteiger charge is -2.04. The first-order valence-electron chi connectivity index (χ1n) is 5.71. The van der Waals surface area contributed by atoms with Crippen LogP contribution in [0.5, 0.6) is 0 Å².